The maximum atomic E-state index is 12.7. The summed E-state index contributed by atoms with van der Waals surface area (Å²) in [5.74, 6) is -0.469. The van der Waals surface area contributed by atoms with Crippen LogP contribution in [0, 0.1) is 0 Å². The van der Waals surface area contributed by atoms with E-state index in [0.29, 0.717) is 16.8 Å². The normalized spacial score (nSPS) is 20.6. The molecule has 1 aromatic carbocycles. The summed E-state index contributed by atoms with van der Waals surface area (Å²) in [6.07, 6.45) is 2.87. The van der Waals surface area contributed by atoms with Crippen LogP contribution in [0.3, 0.4) is 0 Å². The van der Waals surface area contributed by atoms with E-state index in [2.05, 4.69) is 0 Å². The number of anilines is 1. The number of nitrogens with zero attached hydrogens (tertiary/aromatic N) is 1. The van der Waals surface area contributed by atoms with E-state index >= 15 is 0 Å². The third kappa shape index (κ3) is 1.67. The molecular formula is C16H14N2O2S. The number of fused-ring (bicyclic) bond motifs is 2. The number of nitrogens with two attached hydrogens (primary N) is 1. The highest BCUT2D eigenvalue weighted by atomic mass is 32.1. The second-order valence-electron chi connectivity index (χ2n) is 5.46. The zero-order chi connectivity index (χ0) is 14.6. The second kappa shape index (κ2) is 4.43. The molecule has 1 aliphatic carbocycles. The van der Waals surface area contributed by atoms with Gasteiger partial charge in [0, 0.05) is 10.6 Å². The van der Waals surface area contributed by atoms with Crippen LogP contribution in [0.15, 0.2) is 29.6 Å². The molecule has 0 saturated heterocycles. The van der Waals surface area contributed by atoms with Gasteiger partial charge in [-0.3, -0.25) is 14.5 Å². The standard InChI is InChI=1S/C16H14N2O2S/c17-11-4-1-3-10-14(11)16(20)18(15(10)19)12-5-2-6-13-9(12)7-8-21-13/h1,3-4,7-8,12H,2,5-6,17H2. The minimum absolute atomic E-state index is 0.146. The van der Waals surface area contributed by atoms with E-state index in [4.69, 9.17) is 5.73 Å². The Balaban J connectivity index is 1.81. The monoisotopic (exact) mass is 298 g/mol. The van der Waals surface area contributed by atoms with Crippen molar-refractivity contribution in [2.45, 2.75) is 25.3 Å². The van der Waals surface area contributed by atoms with Crippen LogP contribution in [0.4, 0.5) is 5.69 Å². The molecule has 2 heterocycles. The predicted octanol–water partition coefficient (Wildman–Crippen LogP) is 3.00. The number of benzene rings is 1. The Labute approximate surface area is 126 Å². The maximum Gasteiger partial charge on any atom is 0.264 e. The molecule has 5 heteroatoms. The van der Waals surface area contributed by atoms with Gasteiger partial charge in [0.05, 0.1) is 17.2 Å². The molecule has 1 atom stereocenters. The van der Waals surface area contributed by atoms with Gasteiger partial charge < -0.3 is 5.73 Å². The number of amides is 2. The Morgan fingerprint density at radius 1 is 1.19 bits per heavy atom. The van der Waals surface area contributed by atoms with Gasteiger partial charge in [0.1, 0.15) is 0 Å². The molecule has 21 heavy (non-hydrogen) atoms. The van der Waals surface area contributed by atoms with E-state index < -0.39 is 0 Å². The van der Waals surface area contributed by atoms with Crippen LogP contribution >= 0.6 is 11.3 Å². The Kier molecular flexibility index (Phi) is 2.65. The van der Waals surface area contributed by atoms with Gasteiger partial charge in [0.15, 0.2) is 0 Å². The molecule has 0 saturated carbocycles. The molecule has 2 amide bonds. The summed E-state index contributed by atoms with van der Waals surface area (Å²) in [6.45, 7) is 0. The molecule has 1 aromatic heterocycles. The van der Waals surface area contributed by atoms with Gasteiger partial charge in [-0.15, -0.1) is 11.3 Å². The first kappa shape index (κ1) is 12.6. The zero-order valence-electron chi connectivity index (χ0n) is 11.3. The van der Waals surface area contributed by atoms with Crippen molar-refractivity contribution in [2.75, 3.05) is 5.73 Å². The number of rotatable bonds is 1. The van der Waals surface area contributed by atoms with Crippen LogP contribution in [-0.2, 0) is 6.42 Å². The Bertz CT molecular complexity index is 765. The lowest BCUT2D eigenvalue weighted by atomic mass is 9.93. The molecule has 1 unspecified atom stereocenters. The summed E-state index contributed by atoms with van der Waals surface area (Å²) in [7, 11) is 0. The summed E-state index contributed by atoms with van der Waals surface area (Å²) < 4.78 is 0. The van der Waals surface area contributed by atoms with Gasteiger partial charge in [0.25, 0.3) is 11.8 Å². The van der Waals surface area contributed by atoms with Gasteiger partial charge in [-0.2, -0.15) is 0 Å². The highest BCUT2D eigenvalue weighted by Crippen LogP contribution is 2.41. The van der Waals surface area contributed by atoms with Gasteiger partial charge in [-0.05, 0) is 48.4 Å². The van der Waals surface area contributed by atoms with E-state index in [1.807, 2.05) is 11.4 Å². The lowest BCUT2D eigenvalue weighted by Crippen LogP contribution is -2.35. The summed E-state index contributed by atoms with van der Waals surface area (Å²) in [6, 6.07) is 6.97. The SMILES string of the molecule is Nc1cccc2c1C(=O)N(C1CCCc3sccc31)C2=O. The minimum atomic E-state index is -0.253. The average Bonchev–Trinajstić information content (AvgIpc) is 3.04. The molecule has 1 aliphatic heterocycles. The lowest BCUT2D eigenvalue weighted by Gasteiger charge is -2.29. The molecular weight excluding hydrogens is 284 g/mol. The number of carbonyl (C=O) groups excluding carboxylic acids is 2. The van der Waals surface area contributed by atoms with Gasteiger partial charge in [0.2, 0.25) is 0 Å². The average molecular weight is 298 g/mol. The Hall–Kier alpha value is -2.14. The largest absolute Gasteiger partial charge is 0.398 e. The quantitative estimate of drug-likeness (QED) is 0.650. The van der Waals surface area contributed by atoms with Gasteiger partial charge in [-0.1, -0.05) is 6.07 Å². The molecule has 0 radical (unpaired) electrons. The van der Waals surface area contributed by atoms with Crippen LogP contribution in [-0.4, -0.2) is 16.7 Å². The topological polar surface area (TPSA) is 63.4 Å². The van der Waals surface area contributed by atoms with Crippen molar-refractivity contribution >= 4 is 28.8 Å². The number of aryl methyl sites for hydroxylation is 1. The van der Waals surface area contributed by atoms with E-state index in [0.717, 1.165) is 24.8 Å². The number of nitrogen functional groups attached to an aromatic ring is 1. The van der Waals surface area contributed by atoms with Crippen molar-refractivity contribution in [1.29, 1.82) is 0 Å². The summed E-state index contributed by atoms with van der Waals surface area (Å²) >= 11 is 1.70. The molecule has 106 valence electrons. The fourth-order valence-electron chi connectivity index (χ4n) is 3.34. The van der Waals surface area contributed by atoms with Crippen molar-refractivity contribution < 1.29 is 9.59 Å². The Morgan fingerprint density at radius 2 is 2.05 bits per heavy atom. The van der Waals surface area contributed by atoms with Crippen molar-refractivity contribution in [1.82, 2.24) is 4.90 Å². The third-order valence-corrected chi connectivity index (χ3v) is 5.31. The smallest absolute Gasteiger partial charge is 0.264 e. The van der Waals surface area contributed by atoms with Crippen molar-refractivity contribution in [3.8, 4) is 0 Å². The lowest BCUT2D eigenvalue weighted by molar-refractivity contribution is 0.0568. The summed E-state index contributed by atoms with van der Waals surface area (Å²) in [5, 5.41) is 2.04. The van der Waals surface area contributed by atoms with Crippen molar-refractivity contribution in [2.24, 2.45) is 0 Å². The molecule has 2 aliphatic rings. The van der Waals surface area contributed by atoms with Crippen molar-refractivity contribution in [3.63, 3.8) is 0 Å². The minimum Gasteiger partial charge on any atom is -0.398 e. The number of carbonyl (C=O) groups is 2. The molecule has 0 bridgehead atoms. The maximum absolute atomic E-state index is 12.7. The van der Waals surface area contributed by atoms with Crippen LogP contribution < -0.4 is 5.73 Å². The first-order valence-electron chi connectivity index (χ1n) is 7.01. The van der Waals surface area contributed by atoms with E-state index in [1.54, 1.807) is 29.5 Å². The summed E-state index contributed by atoms with van der Waals surface area (Å²) in [4.78, 5) is 28.0. The molecule has 4 nitrogen and oxygen atoms in total. The van der Waals surface area contributed by atoms with Crippen molar-refractivity contribution in [3.05, 3.63) is 51.2 Å². The third-order valence-electron chi connectivity index (χ3n) is 4.31. The fourth-order valence-corrected chi connectivity index (χ4v) is 4.32. The zero-order valence-corrected chi connectivity index (χ0v) is 12.2. The van der Waals surface area contributed by atoms with Crippen LogP contribution in [0.1, 0.15) is 50.0 Å². The highest BCUT2D eigenvalue weighted by molar-refractivity contribution is 7.10. The highest BCUT2D eigenvalue weighted by Gasteiger charge is 2.42. The summed E-state index contributed by atoms with van der Waals surface area (Å²) in [5.41, 5.74) is 8.20. The number of imide groups is 1. The van der Waals surface area contributed by atoms with Gasteiger partial charge >= 0.3 is 0 Å². The molecule has 4 rings (SSSR count). The van der Waals surface area contributed by atoms with Crippen LogP contribution in [0.5, 0.6) is 0 Å². The molecule has 2 N–H and O–H groups in total. The molecule has 0 fully saturated rings. The molecule has 2 aromatic rings. The van der Waals surface area contributed by atoms with Crippen LogP contribution in [0.2, 0.25) is 0 Å². The van der Waals surface area contributed by atoms with E-state index in [1.165, 1.54) is 9.78 Å². The second-order valence-corrected chi connectivity index (χ2v) is 6.46. The number of thiophene rings is 1. The van der Waals surface area contributed by atoms with Gasteiger partial charge in [-0.25, -0.2) is 0 Å². The fraction of sp³-hybridized carbons (Fsp3) is 0.250. The number of hydrogen-bond donors (Lipinski definition) is 1. The van der Waals surface area contributed by atoms with Crippen LogP contribution in [0.25, 0.3) is 0 Å². The first-order chi connectivity index (χ1) is 10.2. The number of hydrogen-bond acceptors (Lipinski definition) is 4. The Morgan fingerprint density at radius 3 is 2.86 bits per heavy atom. The predicted molar refractivity (Wildman–Crippen MR) is 81.4 cm³/mol. The van der Waals surface area contributed by atoms with E-state index in [-0.39, 0.29) is 17.9 Å². The molecule has 0 spiro atoms. The van der Waals surface area contributed by atoms with E-state index in [9.17, 15) is 9.59 Å². The first-order valence-corrected chi connectivity index (χ1v) is 7.89.